The van der Waals surface area contributed by atoms with Crippen LogP contribution in [0.15, 0.2) is 11.1 Å². The van der Waals surface area contributed by atoms with Crippen molar-refractivity contribution < 1.29 is 4.74 Å². The number of hydrogen-bond acceptors (Lipinski definition) is 4. The van der Waals surface area contributed by atoms with Crippen molar-refractivity contribution in [3.05, 3.63) is 20.3 Å². The highest BCUT2D eigenvalue weighted by molar-refractivity contribution is 14.1. The van der Waals surface area contributed by atoms with E-state index in [0.29, 0.717) is 22.0 Å². The maximum atomic E-state index is 11.2. The maximum Gasteiger partial charge on any atom is 0.268 e. The smallest absolute Gasteiger partial charge is 0.268 e. The van der Waals surface area contributed by atoms with Crippen LogP contribution in [-0.2, 0) is 0 Å². The second kappa shape index (κ2) is 4.93. The molecule has 1 aromatic heterocycles. The van der Waals surface area contributed by atoms with Crippen molar-refractivity contribution in [2.75, 3.05) is 19.7 Å². The predicted octanol–water partition coefficient (Wildman–Crippen LogP) is 0.363. The average molecular weight is 321 g/mol. The van der Waals surface area contributed by atoms with Crippen LogP contribution >= 0.6 is 22.6 Å². The normalized spacial score (nSPS) is 20.5. The summed E-state index contributed by atoms with van der Waals surface area (Å²) < 4.78 is 6.04. The molecule has 1 unspecified atom stereocenters. The number of aromatic amines is 1. The van der Waals surface area contributed by atoms with Gasteiger partial charge in [0.2, 0.25) is 5.88 Å². The van der Waals surface area contributed by atoms with Crippen LogP contribution in [0, 0.1) is 9.49 Å². The number of hydrogen-bond donors (Lipinski definition) is 2. The standard InChI is InChI=1S/C9H12IN3O2/c10-7-8(14)12-5-13-9(7)15-4-6-1-2-11-3-6/h5-6,11H,1-4H2,(H,12,13,14). The minimum Gasteiger partial charge on any atom is -0.476 e. The molecule has 5 nitrogen and oxygen atoms in total. The first-order chi connectivity index (χ1) is 7.27. The Labute approximate surface area is 101 Å². The monoisotopic (exact) mass is 321 g/mol. The van der Waals surface area contributed by atoms with E-state index in [1.807, 2.05) is 22.6 Å². The molecule has 15 heavy (non-hydrogen) atoms. The zero-order valence-electron chi connectivity index (χ0n) is 8.12. The summed E-state index contributed by atoms with van der Waals surface area (Å²) in [6, 6.07) is 0. The molecule has 1 aliphatic rings. The lowest BCUT2D eigenvalue weighted by Crippen LogP contribution is -2.18. The van der Waals surface area contributed by atoms with Gasteiger partial charge in [-0.25, -0.2) is 4.98 Å². The Balaban J connectivity index is 1.98. The van der Waals surface area contributed by atoms with Gasteiger partial charge >= 0.3 is 0 Å². The Bertz CT molecular complexity index is 387. The highest BCUT2D eigenvalue weighted by Gasteiger charge is 2.16. The van der Waals surface area contributed by atoms with Gasteiger partial charge in [-0.3, -0.25) is 4.79 Å². The number of nitrogens with one attached hydrogen (secondary N) is 2. The molecule has 2 heterocycles. The molecule has 0 aromatic carbocycles. The molecule has 2 N–H and O–H groups in total. The lowest BCUT2D eigenvalue weighted by Gasteiger charge is -2.10. The van der Waals surface area contributed by atoms with Gasteiger partial charge in [0.05, 0.1) is 12.9 Å². The Kier molecular flexibility index (Phi) is 3.57. The fourth-order valence-electron chi connectivity index (χ4n) is 1.52. The molecule has 1 aliphatic heterocycles. The number of rotatable bonds is 3. The SMILES string of the molecule is O=c1[nH]cnc(OCC2CCNC2)c1I. The van der Waals surface area contributed by atoms with E-state index in [1.165, 1.54) is 6.33 Å². The van der Waals surface area contributed by atoms with Gasteiger partial charge < -0.3 is 15.0 Å². The van der Waals surface area contributed by atoms with E-state index in [0.717, 1.165) is 19.5 Å². The summed E-state index contributed by atoms with van der Waals surface area (Å²) >= 11 is 1.94. The molecule has 0 amide bonds. The molecule has 1 fully saturated rings. The summed E-state index contributed by atoms with van der Waals surface area (Å²) in [7, 11) is 0. The van der Waals surface area contributed by atoms with Gasteiger partial charge in [0.1, 0.15) is 3.57 Å². The predicted molar refractivity (Wildman–Crippen MR) is 64.0 cm³/mol. The van der Waals surface area contributed by atoms with Crippen LogP contribution in [0.25, 0.3) is 0 Å². The highest BCUT2D eigenvalue weighted by atomic mass is 127. The Hall–Kier alpha value is -0.630. The van der Waals surface area contributed by atoms with Crippen LogP contribution < -0.4 is 15.6 Å². The van der Waals surface area contributed by atoms with Crippen molar-refractivity contribution >= 4 is 22.6 Å². The van der Waals surface area contributed by atoms with Crippen LogP contribution in [0.3, 0.4) is 0 Å². The van der Waals surface area contributed by atoms with Gasteiger partial charge in [-0.05, 0) is 35.6 Å². The van der Waals surface area contributed by atoms with E-state index >= 15 is 0 Å². The summed E-state index contributed by atoms with van der Waals surface area (Å²) in [6.45, 7) is 2.66. The molecule has 0 spiro atoms. The van der Waals surface area contributed by atoms with Gasteiger partial charge in [0.25, 0.3) is 5.56 Å². The number of halogens is 1. The van der Waals surface area contributed by atoms with Gasteiger partial charge in [-0.15, -0.1) is 0 Å². The first kappa shape index (κ1) is 10.9. The van der Waals surface area contributed by atoms with Crippen molar-refractivity contribution in [2.45, 2.75) is 6.42 Å². The second-order valence-electron chi connectivity index (χ2n) is 3.52. The quantitative estimate of drug-likeness (QED) is 0.789. The number of aromatic nitrogens is 2. The first-order valence-electron chi connectivity index (χ1n) is 4.84. The third-order valence-electron chi connectivity index (χ3n) is 2.38. The second-order valence-corrected chi connectivity index (χ2v) is 4.60. The van der Waals surface area contributed by atoms with Crippen molar-refractivity contribution in [3.8, 4) is 5.88 Å². The molecule has 6 heteroatoms. The molecular weight excluding hydrogens is 309 g/mol. The molecule has 0 bridgehead atoms. The largest absolute Gasteiger partial charge is 0.476 e. The molecule has 1 atom stereocenters. The van der Waals surface area contributed by atoms with E-state index in [9.17, 15) is 4.79 Å². The fourth-order valence-corrected chi connectivity index (χ4v) is 1.97. The fraction of sp³-hybridized carbons (Fsp3) is 0.556. The van der Waals surface area contributed by atoms with Crippen molar-refractivity contribution in [2.24, 2.45) is 5.92 Å². The van der Waals surface area contributed by atoms with E-state index < -0.39 is 0 Å². The lowest BCUT2D eigenvalue weighted by atomic mass is 10.1. The van der Waals surface area contributed by atoms with Crippen LogP contribution in [0.5, 0.6) is 5.88 Å². The van der Waals surface area contributed by atoms with Crippen molar-refractivity contribution in [3.63, 3.8) is 0 Å². The molecule has 1 saturated heterocycles. The van der Waals surface area contributed by atoms with Crippen LogP contribution in [0.4, 0.5) is 0 Å². The summed E-state index contributed by atoms with van der Waals surface area (Å²) in [5.74, 6) is 0.966. The number of nitrogens with zero attached hydrogens (tertiary/aromatic N) is 1. The third-order valence-corrected chi connectivity index (χ3v) is 3.33. The molecular formula is C9H12IN3O2. The highest BCUT2D eigenvalue weighted by Crippen LogP contribution is 2.14. The van der Waals surface area contributed by atoms with Gasteiger partial charge in [0, 0.05) is 12.5 Å². The molecule has 0 aliphatic carbocycles. The first-order valence-corrected chi connectivity index (χ1v) is 5.92. The van der Waals surface area contributed by atoms with Crippen molar-refractivity contribution in [1.29, 1.82) is 0 Å². The zero-order valence-corrected chi connectivity index (χ0v) is 10.3. The van der Waals surface area contributed by atoms with Gasteiger partial charge in [0.15, 0.2) is 0 Å². The molecule has 0 radical (unpaired) electrons. The van der Waals surface area contributed by atoms with Crippen molar-refractivity contribution in [1.82, 2.24) is 15.3 Å². The van der Waals surface area contributed by atoms with E-state index in [1.54, 1.807) is 0 Å². The molecule has 2 rings (SSSR count). The molecule has 82 valence electrons. The molecule has 1 aromatic rings. The molecule has 0 saturated carbocycles. The summed E-state index contributed by atoms with van der Waals surface area (Å²) in [5.41, 5.74) is -0.148. The summed E-state index contributed by atoms with van der Waals surface area (Å²) in [5, 5.41) is 3.26. The van der Waals surface area contributed by atoms with Crippen LogP contribution in [0.2, 0.25) is 0 Å². The Morgan fingerprint density at radius 2 is 2.53 bits per heavy atom. The average Bonchev–Trinajstić information content (AvgIpc) is 2.73. The summed E-state index contributed by atoms with van der Waals surface area (Å²) in [4.78, 5) is 17.7. The van der Waals surface area contributed by atoms with Crippen LogP contribution in [0.1, 0.15) is 6.42 Å². The van der Waals surface area contributed by atoms with Crippen LogP contribution in [-0.4, -0.2) is 29.7 Å². The number of ether oxygens (including phenoxy) is 1. The Morgan fingerprint density at radius 3 is 3.27 bits per heavy atom. The Morgan fingerprint density at radius 1 is 1.67 bits per heavy atom. The lowest BCUT2D eigenvalue weighted by molar-refractivity contribution is 0.248. The number of H-pyrrole nitrogens is 1. The van der Waals surface area contributed by atoms with Gasteiger partial charge in [-0.1, -0.05) is 0 Å². The summed E-state index contributed by atoms with van der Waals surface area (Å²) in [6.07, 6.45) is 2.49. The van der Waals surface area contributed by atoms with Gasteiger partial charge in [-0.2, -0.15) is 0 Å². The van der Waals surface area contributed by atoms with E-state index in [4.69, 9.17) is 4.74 Å². The van der Waals surface area contributed by atoms with E-state index in [2.05, 4.69) is 15.3 Å². The maximum absolute atomic E-state index is 11.2. The minimum atomic E-state index is -0.148. The van der Waals surface area contributed by atoms with E-state index in [-0.39, 0.29) is 5.56 Å². The third kappa shape index (κ3) is 2.69. The zero-order chi connectivity index (χ0) is 10.7. The topological polar surface area (TPSA) is 67.0 Å². The minimum absolute atomic E-state index is 0.148.